The summed E-state index contributed by atoms with van der Waals surface area (Å²) < 4.78 is 0. The number of aryl methyl sites for hydroxylation is 2. The van der Waals surface area contributed by atoms with E-state index >= 15 is 0 Å². The fourth-order valence-electron chi connectivity index (χ4n) is 2.97. The van der Waals surface area contributed by atoms with Gasteiger partial charge in [-0.3, -0.25) is 9.78 Å². The lowest BCUT2D eigenvalue weighted by Crippen LogP contribution is -2.42. The number of aromatic nitrogens is 1. The molecule has 0 fully saturated rings. The van der Waals surface area contributed by atoms with E-state index in [1.54, 1.807) is 18.3 Å². The Labute approximate surface area is 193 Å². The highest BCUT2D eigenvalue weighted by Gasteiger charge is 2.22. The average Bonchev–Trinajstić information content (AvgIpc) is 2.57. The van der Waals surface area contributed by atoms with Crippen molar-refractivity contribution in [3.63, 3.8) is 0 Å². The highest BCUT2D eigenvalue weighted by molar-refractivity contribution is 5.95. The van der Waals surface area contributed by atoms with E-state index in [0.717, 1.165) is 11.1 Å². The van der Waals surface area contributed by atoms with E-state index in [1.807, 2.05) is 34.6 Å². The monoisotopic (exact) mass is 457 g/mol. The largest absolute Gasteiger partial charge is 0.391 e. The standard InChI is InChI=1S/C22H31N3O2.CH4.2ClH/c1-14-8-9-15(2)16(11-14)12-18(23)20(26)13-19-17(7-6-10-24-19)21(27)25-22(3,4)5;;;/h6-11,18,20,26H,12-13,23H2,1-5H3,(H,25,27);1H4;2*1H/t18-,20+;;;/m1.../s1. The van der Waals surface area contributed by atoms with Crippen LogP contribution in [0.25, 0.3) is 0 Å². The van der Waals surface area contributed by atoms with Crippen molar-refractivity contribution in [2.45, 2.75) is 72.6 Å². The van der Waals surface area contributed by atoms with Crippen molar-refractivity contribution < 1.29 is 9.90 Å². The third-order valence-electron chi connectivity index (χ3n) is 4.48. The average molecular weight is 458 g/mol. The Bertz CT molecular complexity index is 807. The molecule has 1 aromatic heterocycles. The molecule has 0 radical (unpaired) electrons. The van der Waals surface area contributed by atoms with E-state index < -0.39 is 12.1 Å². The van der Waals surface area contributed by atoms with Gasteiger partial charge in [0.15, 0.2) is 0 Å². The van der Waals surface area contributed by atoms with Crippen LogP contribution in [0, 0.1) is 13.8 Å². The quantitative estimate of drug-likeness (QED) is 0.606. The highest BCUT2D eigenvalue weighted by atomic mass is 35.5. The number of pyridine rings is 1. The minimum Gasteiger partial charge on any atom is -0.391 e. The lowest BCUT2D eigenvalue weighted by atomic mass is 9.94. The molecule has 0 saturated carbocycles. The number of benzene rings is 1. The van der Waals surface area contributed by atoms with Gasteiger partial charge in [0.2, 0.25) is 0 Å². The van der Waals surface area contributed by atoms with E-state index in [9.17, 15) is 9.90 Å². The number of amides is 1. The zero-order valence-corrected chi connectivity index (χ0v) is 19.4. The smallest absolute Gasteiger partial charge is 0.253 e. The van der Waals surface area contributed by atoms with Crippen LogP contribution in [0.3, 0.4) is 0 Å². The number of hydrogen-bond donors (Lipinski definition) is 3. The normalized spacial score (nSPS) is 12.5. The van der Waals surface area contributed by atoms with Gasteiger partial charge in [-0.2, -0.15) is 0 Å². The molecule has 1 heterocycles. The molecule has 7 heteroatoms. The van der Waals surface area contributed by atoms with Crippen LogP contribution in [0.15, 0.2) is 36.5 Å². The number of hydrogen-bond acceptors (Lipinski definition) is 4. The minimum absolute atomic E-state index is 0. The first kappa shape index (κ1) is 30.5. The molecular formula is C23H37Cl2N3O2. The third kappa shape index (κ3) is 9.00. The number of carbonyl (C=O) groups is 1. The molecule has 2 rings (SSSR count). The van der Waals surface area contributed by atoms with Crippen molar-refractivity contribution in [1.29, 1.82) is 0 Å². The Morgan fingerprint density at radius 2 is 1.80 bits per heavy atom. The first-order valence-corrected chi connectivity index (χ1v) is 9.33. The molecular weight excluding hydrogens is 421 g/mol. The van der Waals surface area contributed by atoms with Crippen LogP contribution < -0.4 is 11.1 Å². The van der Waals surface area contributed by atoms with Crippen molar-refractivity contribution >= 4 is 30.7 Å². The van der Waals surface area contributed by atoms with Gasteiger partial charge in [-0.15, -0.1) is 24.8 Å². The number of rotatable bonds is 6. The van der Waals surface area contributed by atoms with Gasteiger partial charge in [-0.05, 0) is 64.3 Å². The maximum atomic E-state index is 12.5. The molecule has 0 spiro atoms. The number of aliphatic hydroxyl groups excluding tert-OH is 1. The Balaban J connectivity index is 0. The van der Waals surface area contributed by atoms with Crippen molar-refractivity contribution in [2.75, 3.05) is 0 Å². The number of halogens is 2. The molecule has 0 unspecified atom stereocenters. The fraction of sp³-hybridized carbons (Fsp3) is 0.478. The molecule has 170 valence electrons. The topological polar surface area (TPSA) is 88.2 Å². The second kappa shape index (κ2) is 12.9. The number of nitrogens with two attached hydrogens (primary N) is 1. The first-order valence-electron chi connectivity index (χ1n) is 9.33. The summed E-state index contributed by atoms with van der Waals surface area (Å²) in [5.74, 6) is -0.194. The SMILES string of the molecule is C.Cc1ccc(C)c(C[C@@H](N)[C@@H](O)Cc2ncccc2C(=O)NC(C)(C)C)c1.Cl.Cl. The van der Waals surface area contributed by atoms with E-state index in [-0.39, 0.29) is 50.1 Å². The zero-order chi connectivity index (χ0) is 20.2. The van der Waals surface area contributed by atoms with E-state index in [2.05, 4.69) is 28.5 Å². The molecule has 4 N–H and O–H groups in total. The molecule has 1 aromatic carbocycles. The molecule has 2 atom stereocenters. The van der Waals surface area contributed by atoms with Crippen LogP contribution in [0.2, 0.25) is 0 Å². The fourth-order valence-corrected chi connectivity index (χ4v) is 2.97. The van der Waals surface area contributed by atoms with E-state index in [0.29, 0.717) is 17.7 Å². The summed E-state index contributed by atoms with van der Waals surface area (Å²) in [5, 5.41) is 13.6. The highest BCUT2D eigenvalue weighted by Crippen LogP contribution is 2.16. The predicted molar refractivity (Wildman–Crippen MR) is 130 cm³/mol. The van der Waals surface area contributed by atoms with Crippen LogP contribution in [0.1, 0.15) is 60.9 Å². The Morgan fingerprint density at radius 3 is 2.40 bits per heavy atom. The summed E-state index contributed by atoms with van der Waals surface area (Å²) in [6.45, 7) is 9.86. The zero-order valence-electron chi connectivity index (χ0n) is 17.7. The molecule has 2 aromatic rings. The molecule has 30 heavy (non-hydrogen) atoms. The molecule has 0 saturated heterocycles. The van der Waals surface area contributed by atoms with Crippen LogP contribution in [0.4, 0.5) is 0 Å². The van der Waals surface area contributed by atoms with Gasteiger partial charge in [0.1, 0.15) is 0 Å². The second-order valence-electron chi connectivity index (χ2n) is 8.27. The van der Waals surface area contributed by atoms with Gasteiger partial charge in [0.25, 0.3) is 5.91 Å². The summed E-state index contributed by atoms with van der Waals surface area (Å²) in [4.78, 5) is 16.9. The van der Waals surface area contributed by atoms with E-state index in [1.165, 1.54) is 5.56 Å². The summed E-state index contributed by atoms with van der Waals surface area (Å²) in [6.07, 6.45) is 1.65. The molecule has 0 bridgehead atoms. The maximum absolute atomic E-state index is 12.5. The maximum Gasteiger partial charge on any atom is 0.253 e. The summed E-state index contributed by atoms with van der Waals surface area (Å²) in [5.41, 5.74) is 10.4. The van der Waals surface area contributed by atoms with Crippen molar-refractivity contribution in [3.8, 4) is 0 Å². The number of nitrogens with one attached hydrogen (secondary N) is 1. The molecule has 0 aliphatic heterocycles. The summed E-state index contributed by atoms with van der Waals surface area (Å²) in [6, 6.07) is 9.25. The van der Waals surface area contributed by atoms with Crippen LogP contribution >= 0.6 is 24.8 Å². The number of aliphatic hydroxyl groups is 1. The number of carbonyl (C=O) groups excluding carboxylic acids is 1. The van der Waals surface area contributed by atoms with Gasteiger partial charge in [0, 0.05) is 24.2 Å². The lowest BCUT2D eigenvalue weighted by Gasteiger charge is -2.23. The summed E-state index contributed by atoms with van der Waals surface area (Å²) >= 11 is 0. The van der Waals surface area contributed by atoms with Crippen molar-refractivity contribution in [2.24, 2.45) is 5.73 Å². The summed E-state index contributed by atoms with van der Waals surface area (Å²) in [7, 11) is 0. The van der Waals surface area contributed by atoms with Crippen molar-refractivity contribution in [3.05, 3.63) is 64.5 Å². The van der Waals surface area contributed by atoms with Gasteiger partial charge in [-0.1, -0.05) is 31.2 Å². The Hall–Kier alpha value is -1.66. The Morgan fingerprint density at radius 1 is 1.17 bits per heavy atom. The molecule has 1 amide bonds. The van der Waals surface area contributed by atoms with Crippen molar-refractivity contribution in [1.82, 2.24) is 10.3 Å². The van der Waals surface area contributed by atoms with Gasteiger partial charge < -0.3 is 16.2 Å². The van der Waals surface area contributed by atoms with Gasteiger partial charge >= 0.3 is 0 Å². The molecule has 0 aliphatic rings. The van der Waals surface area contributed by atoms with Gasteiger partial charge in [0.05, 0.1) is 17.4 Å². The van der Waals surface area contributed by atoms with E-state index in [4.69, 9.17) is 5.73 Å². The second-order valence-corrected chi connectivity index (χ2v) is 8.27. The Kier molecular flexibility index (Phi) is 13.1. The molecule has 5 nitrogen and oxygen atoms in total. The third-order valence-corrected chi connectivity index (χ3v) is 4.48. The first-order chi connectivity index (χ1) is 12.6. The van der Waals surface area contributed by atoms with Crippen LogP contribution in [-0.4, -0.2) is 33.7 Å². The number of nitrogens with zero attached hydrogens (tertiary/aromatic N) is 1. The minimum atomic E-state index is -0.791. The molecule has 0 aliphatic carbocycles. The van der Waals surface area contributed by atoms with Gasteiger partial charge in [-0.25, -0.2) is 0 Å². The van der Waals surface area contributed by atoms with Crippen LogP contribution in [-0.2, 0) is 12.8 Å². The lowest BCUT2D eigenvalue weighted by molar-refractivity contribution is 0.0916. The predicted octanol–water partition coefficient (Wildman–Crippen LogP) is 4.18. The van der Waals surface area contributed by atoms with Crippen LogP contribution in [0.5, 0.6) is 0 Å².